The Morgan fingerprint density at radius 3 is 2.89 bits per heavy atom. The molecule has 0 N–H and O–H groups in total. The Morgan fingerprint density at radius 1 is 1.11 bits per heavy atom. The van der Waals surface area contributed by atoms with Crippen LogP contribution in [0.25, 0.3) is 22.3 Å². The molecule has 0 unspecified atom stereocenters. The molecule has 1 aliphatic carbocycles. The highest BCUT2D eigenvalue weighted by Crippen LogP contribution is 2.38. The van der Waals surface area contributed by atoms with E-state index in [2.05, 4.69) is 31.9 Å². The Balaban J connectivity index is 1.98. The number of rotatable bonds is 2. The zero-order chi connectivity index (χ0) is 11.9. The molecule has 0 atom stereocenters. The van der Waals surface area contributed by atoms with E-state index in [0.29, 0.717) is 6.04 Å². The molecular weight excluding hydrogens is 224 g/mol. The third kappa shape index (κ3) is 1.42. The van der Waals surface area contributed by atoms with Gasteiger partial charge < -0.3 is 4.57 Å². The minimum atomic E-state index is 0.566. The molecule has 88 valence electrons. The van der Waals surface area contributed by atoms with Crippen LogP contribution in [0, 0.1) is 0 Å². The molecule has 0 spiro atoms. The molecule has 0 aliphatic heterocycles. The van der Waals surface area contributed by atoms with Crippen LogP contribution in [0.3, 0.4) is 0 Å². The smallest absolute Gasteiger partial charge is 0.183 e. The fourth-order valence-electron chi connectivity index (χ4n) is 2.33. The molecule has 2 aromatic heterocycles. The van der Waals surface area contributed by atoms with Crippen molar-refractivity contribution in [2.45, 2.75) is 18.9 Å². The summed E-state index contributed by atoms with van der Waals surface area (Å²) >= 11 is 0. The predicted octanol–water partition coefficient (Wildman–Crippen LogP) is 2.83. The highest BCUT2D eigenvalue weighted by molar-refractivity contribution is 5.92. The average Bonchev–Trinajstić information content (AvgIpc) is 3.16. The highest BCUT2D eigenvalue weighted by atomic mass is 15.3. The summed E-state index contributed by atoms with van der Waals surface area (Å²) in [7, 11) is 0. The van der Waals surface area contributed by atoms with E-state index < -0.39 is 0 Å². The molecule has 1 aromatic carbocycles. The summed E-state index contributed by atoms with van der Waals surface area (Å²) in [5.41, 5.74) is 0.928. The van der Waals surface area contributed by atoms with Crippen LogP contribution in [-0.2, 0) is 0 Å². The molecule has 4 rings (SSSR count). The van der Waals surface area contributed by atoms with Crippen LogP contribution < -0.4 is 0 Å². The Labute approximate surface area is 104 Å². The van der Waals surface area contributed by atoms with E-state index in [-0.39, 0.29) is 0 Å². The summed E-state index contributed by atoms with van der Waals surface area (Å²) < 4.78 is 2.15. The number of nitrogens with zero attached hydrogens (tertiary/aromatic N) is 4. The van der Waals surface area contributed by atoms with Gasteiger partial charge in [0.2, 0.25) is 0 Å². The van der Waals surface area contributed by atoms with Gasteiger partial charge in [-0.15, -0.1) is 10.2 Å². The maximum atomic E-state index is 4.50. The molecule has 1 saturated carbocycles. The van der Waals surface area contributed by atoms with Gasteiger partial charge in [-0.2, -0.15) is 0 Å². The van der Waals surface area contributed by atoms with Crippen molar-refractivity contribution in [1.82, 2.24) is 19.7 Å². The van der Waals surface area contributed by atoms with Crippen LogP contribution in [-0.4, -0.2) is 19.7 Å². The molecule has 3 aromatic rings. The van der Waals surface area contributed by atoms with Gasteiger partial charge in [-0.05, 0) is 24.3 Å². The van der Waals surface area contributed by atoms with E-state index in [0.717, 1.165) is 16.9 Å². The van der Waals surface area contributed by atoms with Crippen molar-refractivity contribution in [3.63, 3.8) is 0 Å². The second-order valence-corrected chi connectivity index (χ2v) is 4.67. The second-order valence-electron chi connectivity index (χ2n) is 4.67. The first-order valence-corrected chi connectivity index (χ1v) is 6.17. The van der Waals surface area contributed by atoms with E-state index in [1.54, 1.807) is 0 Å². The molecular formula is C14H12N4. The van der Waals surface area contributed by atoms with Crippen molar-refractivity contribution in [3.8, 4) is 11.5 Å². The topological polar surface area (TPSA) is 43.6 Å². The largest absolute Gasteiger partial charge is 0.309 e. The first-order valence-electron chi connectivity index (χ1n) is 6.17. The molecule has 4 nitrogen and oxygen atoms in total. The summed E-state index contributed by atoms with van der Waals surface area (Å²) in [6, 6.07) is 10.8. The zero-order valence-electron chi connectivity index (χ0n) is 9.82. The lowest BCUT2D eigenvalue weighted by molar-refractivity contribution is 0.744. The molecule has 4 heteroatoms. The molecule has 0 bridgehead atoms. The molecule has 2 heterocycles. The number of hydrogen-bond donors (Lipinski definition) is 0. The average molecular weight is 236 g/mol. The lowest BCUT2D eigenvalue weighted by Gasteiger charge is -2.06. The van der Waals surface area contributed by atoms with Crippen molar-refractivity contribution in [1.29, 1.82) is 0 Å². The van der Waals surface area contributed by atoms with Crippen molar-refractivity contribution < 1.29 is 0 Å². The molecule has 1 fully saturated rings. The molecule has 0 amide bonds. The summed E-state index contributed by atoms with van der Waals surface area (Å²) in [6.07, 6.45) is 6.09. The predicted molar refractivity (Wildman–Crippen MR) is 69.0 cm³/mol. The molecule has 0 saturated heterocycles. The van der Waals surface area contributed by atoms with Crippen LogP contribution in [0.15, 0.2) is 42.9 Å². The third-order valence-corrected chi connectivity index (χ3v) is 3.40. The van der Waals surface area contributed by atoms with Gasteiger partial charge in [-0.1, -0.05) is 24.3 Å². The summed E-state index contributed by atoms with van der Waals surface area (Å²) in [4.78, 5) is 4.50. The van der Waals surface area contributed by atoms with Crippen LogP contribution in [0.1, 0.15) is 18.9 Å². The fourth-order valence-corrected chi connectivity index (χ4v) is 2.33. The quantitative estimate of drug-likeness (QED) is 0.687. The lowest BCUT2D eigenvalue weighted by Crippen LogP contribution is -1.98. The zero-order valence-corrected chi connectivity index (χ0v) is 9.82. The number of pyridine rings is 1. The van der Waals surface area contributed by atoms with Crippen LogP contribution >= 0.6 is 0 Å². The first kappa shape index (κ1) is 9.76. The SMILES string of the molecule is c1ccc2c(-c3nncn3C3CC3)nccc2c1. The Morgan fingerprint density at radius 2 is 2.00 bits per heavy atom. The normalized spacial score (nSPS) is 15.1. The van der Waals surface area contributed by atoms with Crippen molar-refractivity contribution in [3.05, 3.63) is 42.9 Å². The van der Waals surface area contributed by atoms with Crippen LogP contribution in [0.5, 0.6) is 0 Å². The van der Waals surface area contributed by atoms with Gasteiger partial charge in [-0.25, -0.2) is 0 Å². The Hall–Kier alpha value is -2.23. The van der Waals surface area contributed by atoms with Gasteiger partial charge in [0.25, 0.3) is 0 Å². The van der Waals surface area contributed by atoms with Crippen molar-refractivity contribution in [2.24, 2.45) is 0 Å². The van der Waals surface area contributed by atoms with Gasteiger partial charge in [-0.3, -0.25) is 4.98 Å². The Bertz CT molecular complexity index is 707. The monoisotopic (exact) mass is 236 g/mol. The van der Waals surface area contributed by atoms with Gasteiger partial charge in [0, 0.05) is 17.6 Å². The van der Waals surface area contributed by atoms with Crippen molar-refractivity contribution in [2.75, 3.05) is 0 Å². The fraction of sp³-hybridized carbons (Fsp3) is 0.214. The highest BCUT2D eigenvalue weighted by Gasteiger charge is 2.27. The van der Waals surface area contributed by atoms with Gasteiger partial charge in [0.15, 0.2) is 5.82 Å². The van der Waals surface area contributed by atoms with Crippen LogP contribution in [0.2, 0.25) is 0 Å². The standard InChI is InChI=1S/C14H12N4/c1-2-4-12-10(3-1)7-8-15-13(12)14-17-16-9-18(14)11-5-6-11/h1-4,7-9,11H,5-6H2. The van der Waals surface area contributed by atoms with Gasteiger partial charge in [0.1, 0.15) is 12.0 Å². The van der Waals surface area contributed by atoms with Gasteiger partial charge in [0.05, 0.1) is 0 Å². The lowest BCUT2D eigenvalue weighted by atomic mass is 10.1. The summed E-state index contributed by atoms with van der Waals surface area (Å²) in [5.74, 6) is 0.884. The molecule has 1 aliphatic rings. The maximum absolute atomic E-state index is 4.50. The minimum Gasteiger partial charge on any atom is -0.309 e. The number of benzene rings is 1. The minimum absolute atomic E-state index is 0.566. The molecule has 18 heavy (non-hydrogen) atoms. The Kier molecular flexibility index (Phi) is 1.97. The number of hydrogen-bond acceptors (Lipinski definition) is 3. The van der Waals surface area contributed by atoms with E-state index in [9.17, 15) is 0 Å². The summed E-state index contributed by atoms with van der Waals surface area (Å²) in [5, 5.41) is 10.6. The first-order chi connectivity index (χ1) is 8.93. The number of fused-ring (bicyclic) bond motifs is 1. The van der Waals surface area contributed by atoms with Crippen LogP contribution in [0.4, 0.5) is 0 Å². The second kappa shape index (κ2) is 3.63. The van der Waals surface area contributed by atoms with E-state index >= 15 is 0 Å². The van der Waals surface area contributed by atoms with E-state index in [4.69, 9.17) is 0 Å². The number of aromatic nitrogens is 4. The van der Waals surface area contributed by atoms with E-state index in [1.165, 1.54) is 18.2 Å². The third-order valence-electron chi connectivity index (χ3n) is 3.40. The van der Waals surface area contributed by atoms with Crippen molar-refractivity contribution >= 4 is 10.8 Å². The molecule has 0 radical (unpaired) electrons. The van der Waals surface area contributed by atoms with Gasteiger partial charge >= 0.3 is 0 Å². The summed E-state index contributed by atoms with van der Waals surface area (Å²) in [6.45, 7) is 0. The maximum Gasteiger partial charge on any atom is 0.183 e. The van der Waals surface area contributed by atoms with E-state index in [1.807, 2.05) is 30.7 Å².